The molecule has 0 unspecified atom stereocenters. The molecule has 0 saturated heterocycles. The van der Waals surface area contributed by atoms with Gasteiger partial charge in [-0.25, -0.2) is 4.52 Å². The van der Waals surface area contributed by atoms with Crippen LogP contribution in [0, 0.1) is 0 Å². The summed E-state index contributed by atoms with van der Waals surface area (Å²) >= 11 is 0. The summed E-state index contributed by atoms with van der Waals surface area (Å²) in [5, 5.41) is 13.8. The van der Waals surface area contributed by atoms with Crippen LogP contribution < -0.4 is 0 Å². The van der Waals surface area contributed by atoms with Gasteiger partial charge in [-0.05, 0) is 85.3 Å². The Morgan fingerprint density at radius 2 is 1.06 bits per heavy atom. The minimum atomic E-state index is 1.01. The van der Waals surface area contributed by atoms with Crippen LogP contribution in [0.2, 0.25) is 0 Å². The van der Waals surface area contributed by atoms with Crippen LogP contribution in [-0.4, -0.2) is 9.61 Å². The fraction of sp³-hybridized carbons (Fsp3) is 0.0444. The highest BCUT2D eigenvalue weighted by Gasteiger charge is 2.19. The van der Waals surface area contributed by atoms with Gasteiger partial charge in [-0.1, -0.05) is 146 Å². The lowest BCUT2D eigenvalue weighted by Gasteiger charge is -2.19. The highest BCUT2D eigenvalue weighted by Crippen LogP contribution is 2.44. The minimum absolute atomic E-state index is 1.01. The summed E-state index contributed by atoms with van der Waals surface area (Å²) in [6, 6.07) is 53.3. The number of hydrogen-bond acceptors (Lipinski definition) is 1. The number of fused-ring (bicyclic) bond motifs is 8. The van der Waals surface area contributed by atoms with Gasteiger partial charge in [0.1, 0.15) is 0 Å². The molecule has 0 radical (unpaired) electrons. The molecule has 0 N–H and O–H groups in total. The average molecular weight is 599 g/mol. The summed E-state index contributed by atoms with van der Waals surface area (Å²) in [5.41, 5.74) is 12.3. The zero-order chi connectivity index (χ0) is 30.9. The van der Waals surface area contributed by atoms with E-state index in [2.05, 4.69) is 162 Å². The predicted molar refractivity (Wildman–Crippen MR) is 199 cm³/mol. The van der Waals surface area contributed by atoms with E-state index in [0.717, 1.165) is 35.1 Å². The molecule has 220 valence electrons. The first kappa shape index (κ1) is 26.2. The Morgan fingerprint density at radius 3 is 1.79 bits per heavy atom. The number of nitrogens with zero attached hydrogens (tertiary/aromatic N) is 2. The van der Waals surface area contributed by atoms with Gasteiger partial charge in [0.05, 0.1) is 16.7 Å². The zero-order valence-electron chi connectivity index (χ0n) is 25.8. The van der Waals surface area contributed by atoms with Gasteiger partial charge in [-0.2, -0.15) is 5.10 Å². The number of pyridine rings is 1. The first-order valence-electron chi connectivity index (χ1n) is 16.5. The summed E-state index contributed by atoms with van der Waals surface area (Å²) in [6.45, 7) is 0. The molecule has 2 aromatic heterocycles. The van der Waals surface area contributed by atoms with Crippen LogP contribution in [-0.2, 0) is 6.42 Å². The molecule has 1 aliphatic rings. The Bertz CT molecular complexity index is 2670. The van der Waals surface area contributed by atoms with Crippen LogP contribution in [0.25, 0.3) is 88.3 Å². The molecule has 10 rings (SSSR count). The molecule has 47 heavy (non-hydrogen) atoms. The van der Waals surface area contributed by atoms with Crippen LogP contribution in [0.15, 0.2) is 152 Å². The molecule has 0 bridgehead atoms. The van der Waals surface area contributed by atoms with E-state index in [-0.39, 0.29) is 0 Å². The number of rotatable bonds is 3. The topological polar surface area (TPSA) is 17.3 Å². The number of hydrogen-bond donors (Lipinski definition) is 0. The third kappa shape index (κ3) is 4.01. The summed E-state index contributed by atoms with van der Waals surface area (Å²) < 4.78 is 2.13. The lowest BCUT2D eigenvalue weighted by molar-refractivity contribution is 0.986. The SMILES string of the molecule is C1=Cc2ccc(-c3c4ccccc4c(-c4ccc(-c5cc6ccccc6c6c7ccccc7nn56)cc4)c4ccccc34)cc2CC1. The summed E-state index contributed by atoms with van der Waals surface area (Å²) in [7, 11) is 0. The van der Waals surface area contributed by atoms with Crippen LogP contribution in [0.4, 0.5) is 0 Å². The van der Waals surface area contributed by atoms with Gasteiger partial charge in [0.25, 0.3) is 0 Å². The largest absolute Gasteiger partial charge is 0.231 e. The smallest absolute Gasteiger partial charge is 0.0934 e. The molecule has 9 aromatic rings. The van der Waals surface area contributed by atoms with Crippen molar-refractivity contribution < 1.29 is 0 Å². The van der Waals surface area contributed by atoms with Crippen LogP contribution in [0.1, 0.15) is 17.5 Å². The van der Waals surface area contributed by atoms with Crippen molar-refractivity contribution >= 4 is 54.8 Å². The molecule has 0 spiro atoms. The van der Waals surface area contributed by atoms with Gasteiger partial charge in [-0.3, -0.25) is 0 Å². The molecular weight excluding hydrogens is 569 g/mol. The van der Waals surface area contributed by atoms with Crippen molar-refractivity contribution in [3.63, 3.8) is 0 Å². The lowest BCUT2D eigenvalue weighted by atomic mass is 9.84. The molecule has 1 aliphatic carbocycles. The second-order valence-electron chi connectivity index (χ2n) is 12.7. The molecule has 0 fully saturated rings. The second kappa shape index (κ2) is 10.3. The molecule has 2 heterocycles. The van der Waals surface area contributed by atoms with E-state index in [1.54, 1.807) is 0 Å². The second-order valence-corrected chi connectivity index (χ2v) is 12.7. The molecule has 0 saturated carbocycles. The fourth-order valence-electron chi connectivity index (χ4n) is 7.87. The maximum atomic E-state index is 5.08. The standard InChI is InChI=1S/C45H30N2/c1-2-12-32-27-34(26-21-29(32)11-1)44-38-17-7-5-15-36(38)43(37-16-6-8-18-39(37)44)31-24-22-30(23-25-31)42-28-33-13-3-4-14-35(33)45-40-19-9-10-20-41(40)46-47(42)45/h1,3-11,13-28H,2,12H2. The van der Waals surface area contributed by atoms with Gasteiger partial charge >= 0.3 is 0 Å². The molecule has 0 aliphatic heterocycles. The normalized spacial score (nSPS) is 12.9. The number of aryl methyl sites for hydroxylation is 1. The molecule has 7 aromatic carbocycles. The molecular formula is C45H30N2. The van der Waals surface area contributed by atoms with E-state index in [1.807, 2.05) is 0 Å². The van der Waals surface area contributed by atoms with Crippen LogP contribution >= 0.6 is 0 Å². The first-order valence-corrected chi connectivity index (χ1v) is 16.5. The van der Waals surface area contributed by atoms with Crippen molar-refractivity contribution in [2.45, 2.75) is 12.8 Å². The van der Waals surface area contributed by atoms with Crippen LogP contribution in [0.3, 0.4) is 0 Å². The number of allylic oxidation sites excluding steroid dienone is 1. The Morgan fingerprint density at radius 1 is 0.489 bits per heavy atom. The van der Waals surface area contributed by atoms with Gasteiger partial charge < -0.3 is 0 Å². The van der Waals surface area contributed by atoms with E-state index in [9.17, 15) is 0 Å². The fourth-order valence-corrected chi connectivity index (χ4v) is 7.87. The highest BCUT2D eigenvalue weighted by molar-refractivity contribution is 6.21. The maximum Gasteiger partial charge on any atom is 0.0934 e. The van der Waals surface area contributed by atoms with Crippen molar-refractivity contribution in [3.05, 3.63) is 163 Å². The van der Waals surface area contributed by atoms with Gasteiger partial charge in [0.15, 0.2) is 0 Å². The summed E-state index contributed by atoms with van der Waals surface area (Å²) in [6.07, 6.45) is 6.75. The Hall–Kier alpha value is -5.99. The monoisotopic (exact) mass is 598 g/mol. The predicted octanol–water partition coefficient (Wildman–Crippen LogP) is 11.9. The van der Waals surface area contributed by atoms with E-state index in [1.165, 1.54) is 71.1 Å². The van der Waals surface area contributed by atoms with Crippen molar-refractivity contribution in [3.8, 4) is 33.5 Å². The van der Waals surface area contributed by atoms with Crippen LogP contribution in [0.5, 0.6) is 0 Å². The minimum Gasteiger partial charge on any atom is -0.231 e. The van der Waals surface area contributed by atoms with Gasteiger partial charge in [0.2, 0.25) is 0 Å². The molecule has 2 nitrogen and oxygen atoms in total. The van der Waals surface area contributed by atoms with E-state index >= 15 is 0 Å². The third-order valence-corrected chi connectivity index (χ3v) is 10.0. The molecule has 0 atom stereocenters. The molecule has 2 heteroatoms. The first-order chi connectivity index (χ1) is 23.3. The van der Waals surface area contributed by atoms with E-state index in [4.69, 9.17) is 5.10 Å². The van der Waals surface area contributed by atoms with Crippen molar-refractivity contribution in [1.82, 2.24) is 9.61 Å². The third-order valence-electron chi connectivity index (χ3n) is 10.0. The lowest BCUT2D eigenvalue weighted by Crippen LogP contribution is -1.96. The summed E-state index contributed by atoms with van der Waals surface area (Å²) in [4.78, 5) is 0. The Labute approximate surface area is 272 Å². The van der Waals surface area contributed by atoms with Gasteiger partial charge in [0, 0.05) is 16.3 Å². The maximum absolute atomic E-state index is 5.08. The number of benzene rings is 7. The van der Waals surface area contributed by atoms with Crippen molar-refractivity contribution in [1.29, 1.82) is 0 Å². The van der Waals surface area contributed by atoms with E-state index < -0.39 is 0 Å². The van der Waals surface area contributed by atoms with Crippen molar-refractivity contribution in [2.24, 2.45) is 0 Å². The zero-order valence-corrected chi connectivity index (χ0v) is 25.8. The Kier molecular flexibility index (Phi) is 5.73. The van der Waals surface area contributed by atoms with Gasteiger partial charge in [-0.15, -0.1) is 0 Å². The highest BCUT2D eigenvalue weighted by atomic mass is 15.2. The molecule has 0 amide bonds. The number of aromatic nitrogens is 2. The van der Waals surface area contributed by atoms with Crippen molar-refractivity contribution in [2.75, 3.05) is 0 Å². The average Bonchev–Trinajstić information content (AvgIpc) is 3.53. The quantitative estimate of drug-likeness (QED) is 0.185. The van der Waals surface area contributed by atoms with E-state index in [0.29, 0.717) is 0 Å². The summed E-state index contributed by atoms with van der Waals surface area (Å²) in [5.74, 6) is 0. The Balaban J connectivity index is 1.18.